The van der Waals surface area contributed by atoms with Gasteiger partial charge in [-0.3, -0.25) is 9.80 Å². The lowest BCUT2D eigenvalue weighted by Crippen LogP contribution is -2.36. The van der Waals surface area contributed by atoms with Crippen LogP contribution >= 0.6 is 0 Å². The van der Waals surface area contributed by atoms with E-state index in [0.29, 0.717) is 13.1 Å². The number of H-pyrrole nitrogens is 2. The fourth-order valence-electron chi connectivity index (χ4n) is 6.30. The summed E-state index contributed by atoms with van der Waals surface area (Å²) < 4.78 is 11.3. The second-order valence-corrected chi connectivity index (χ2v) is 14.5. The summed E-state index contributed by atoms with van der Waals surface area (Å²) in [6.45, 7) is 12.7. The first kappa shape index (κ1) is 32.3. The van der Waals surface area contributed by atoms with Crippen LogP contribution in [0.2, 0.25) is 0 Å². The van der Waals surface area contributed by atoms with Gasteiger partial charge in [-0.15, -0.1) is 0 Å². The second-order valence-electron chi connectivity index (χ2n) is 14.5. The van der Waals surface area contributed by atoms with Crippen LogP contribution in [0.5, 0.6) is 0 Å². The lowest BCUT2D eigenvalue weighted by Gasteiger charge is -2.27. The molecule has 2 N–H and O–H groups in total. The molecule has 0 saturated carbocycles. The van der Waals surface area contributed by atoms with E-state index in [-0.39, 0.29) is 24.3 Å². The molecule has 2 aromatic carbocycles. The van der Waals surface area contributed by atoms with E-state index in [1.165, 1.54) is 5.56 Å². The Bertz CT molecular complexity index is 1760. The molecule has 2 aliphatic heterocycles. The molecule has 2 atom stereocenters. The van der Waals surface area contributed by atoms with Gasteiger partial charge in [-0.05, 0) is 102 Å². The van der Waals surface area contributed by atoms with Crippen LogP contribution in [0, 0.1) is 0 Å². The third-order valence-corrected chi connectivity index (χ3v) is 8.44. The van der Waals surface area contributed by atoms with Crippen LogP contribution in [0.4, 0.5) is 9.59 Å². The molecule has 6 rings (SSSR count). The number of allylic oxidation sites excluding steroid dienone is 1. The van der Waals surface area contributed by atoms with Gasteiger partial charge in [0.05, 0.1) is 35.0 Å². The maximum atomic E-state index is 12.8. The first-order chi connectivity index (χ1) is 22.3. The predicted octanol–water partition coefficient (Wildman–Crippen LogP) is 8.35. The molecule has 2 saturated heterocycles. The van der Waals surface area contributed by atoms with Gasteiger partial charge in [0.25, 0.3) is 0 Å². The van der Waals surface area contributed by atoms with E-state index in [9.17, 15) is 9.59 Å². The molecular weight excluding hydrogens is 592 g/mol. The number of rotatable bonds is 6. The zero-order chi connectivity index (χ0) is 33.3. The molecule has 10 heteroatoms. The third kappa shape index (κ3) is 7.69. The molecule has 10 nitrogen and oxygen atoms in total. The number of hydrogen-bond acceptors (Lipinski definition) is 6. The SMILES string of the molecule is CC(C)(C)OC(=O)N1CCCC1c1ncc(-c2ccc(C=CCc3ccc4nc([C@@H]5CCCN5C(=O)OC(C)(C)C)[nH]c4c3)cc2)[nH]1. The summed E-state index contributed by atoms with van der Waals surface area (Å²) >= 11 is 0. The molecule has 4 aromatic rings. The summed E-state index contributed by atoms with van der Waals surface area (Å²) in [5, 5.41) is 0. The normalized spacial score (nSPS) is 18.9. The van der Waals surface area contributed by atoms with E-state index in [0.717, 1.165) is 71.6 Å². The molecule has 2 amide bonds. The van der Waals surface area contributed by atoms with E-state index in [1.54, 1.807) is 9.80 Å². The highest BCUT2D eigenvalue weighted by molar-refractivity contribution is 5.77. The van der Waals surface area contributed by atoms with Gasteiger partial charge in [0, 0.05) is 13.1 Å². The summed E-state index contributed by atoms with van der Waals surface area (Å²) in [4.78, 5) is 45.5. The first-order valence-electron chi connectivity index (χ1n) is 16.6. The first-order valence-corrected chi connectivity index (χ1v) is 16.6. The largest absolute Gasteiger partial charge is 0.444 e. The maximum absolute atomic E-state index is 12.8. The monoisotopic (exact) mass is 638 g/mol. The zero-order valence-corrected chi connectivity index (χ0v) is 28.3. The molecule has 0 spiro atoms. The number of aromatic amines is 2. The highest BCUT2D eigenvalue weighted by Gasteiger charge is 2.36. The average Bonchev–Trinajstić information content (AvgIpc) is 3.81. The van der Waals surface area contributed by atoms with Gasteiger partial charge in [-0.2, -0.15) is 0 Å². The average molecular weight is 639 g/mol. The Labute approximate surface area is 276 Å². The van der Waals surface area contributed by atoms with E-state index in [4.69, 9.17) is 14.5 Å². The summed E-state index contributed by atoms with van der Waals surface area (Å²) in [5.41, 5.74) is 5.04. The Hall–Kier alpha value is -4.60. The summed E-state index contributed by atoms with van der Waals surface area (Å²) in [6.07, 6.45) is 9.89. The molecule has 0 aliphatic carbocycles. The van der Waals surface area contributed by atoms with Gasteiger partial charge >= 0.3 is 12.2 Å². The van der Waals surface area contributed by atoms with Crippen molar-refractivity contribution in [2.24, 2.45) is 0 Å². The highest BCUT2D eigenvalue weighted by Crippen LogP contribution is 2.34. The van der Waals surface area contributed by atoms with Gasteiger partial charge in [0.15, 0.2) is 0 Å². The van der Waals surface area contributed by atoms with E-state index in [2.05, 4.69) is 63.5 Å². The van der Waals surface area contributed by atoms with Gasteiger partial charge in [0.2, 0.25) is 0 Å². The Balaban J connectivity index is 1.07. The fraction of sp³-hybridized carbons (Fsp3) is 0.459. The standard InChI is InChI=1S/C37H46N6O4/c1-36(2,3)46-34(44)42-20-8-12-30(42)32-38-23-29(41-32)26-17-14-24(15-18-26)10-7-11-25-16-19-27-28(22-25)40-33(39-27)31-13-9-21-43(31)35(45)47-37(4,5)6/h7,10,14-19,22-23,30-31H,8-9,11-13,20-21H2,1-6H3,(H,38,41)(H,39,40)/t30?,31-/m0/s1. The van der Waals surface area contributed by atoms with Gasteiger partial charge in [-0.25, -0.2) is 19.6 Å². The van der Waals surface area contributed by atoms with Crippen molar-refractivity contribution in [2.45, 2.75) is 96.9 Å². The molecule has 2 aliphatic rings. The number of ether oxygens (including phenoxy) is 2. The molecule has 248 valence electrons. The van der Waals surface area contributed by atoms with Crippen molar-refractivity contribution in [3.8, 4) is 11.3 Å². The Morgan fingerprint density at radius 1 is 0.851 bits per heavy atom. The number of amides is 2. The van der Waals surface area contributed by atoms with Crippen LogP contribution in [0.25, 0.3) is 28.4 Å². The number of nitrogens with zero attached hydrogens (tertiary/aromatic N) is 4. The van der Waals surface area contributed by atoms with Crippen molar-refractivity contribution in [3.05, 3.63) is 77.5 Å². The number of likely N-dealkylation sites (tertiary alicyclic amines) is 2. The van der Waals surface area contributed by atoms with Crippen LogP contribution in [-0.4, -0.2) is 66.2 Å². The minimum atomic E-state index is -0.532. The number of benzene rings is 2. The number of carbonyl (C=O) groups excluding carboxylic acids is 2. The van der Waals surface area contributed by atoms with Crippen molar-refractivity contribution >= 4 is 29.3 Å². The number of imidazole rings is 2. The summed E-state index contributed by atoms with van der Waals surface area (Å²) in [5.74, 6) is 1.60. The van der Waals surface area contributed by atoms with Crippen molar-refractivity contribution in [1.29, 1.82) is 0 Å². The molecule has 2 fully saturated rings. The molecule has 0 radical (unpaired) electrons. The smallest absolute Gasteiger partial charge is 0.410 e. The minimum Gasteiger partial charge on any atom is -0.444 e. The number of nitrogens with one attached hydrogen (secondary N) is 2. The number of hydrogen-bond donors (Lipinski definition) is 2. The van der Waals surface area contributed by atoms with Crippen LogP contribution in [0.3, 0.4) is 0 Å². The quantitative estimate of drug-likeness (QED) is 0.219. The number of fused-ring (bicyclic) bond motifs is 1. The number of carbonyl (C=O) groups is 2. The van der Waals surface area contributed by atoms with Crippen LogP contribution in [0.1, 0.15) is 102 Å². The van der Waals surface area contributed by atoms with Crippen LogP contribution < -0.4 is 0 Å². The van der Waals surface area contributed by atoms with Crippen molar-refractivity contribution < 1.29 is 19.1 Å². The van der Waals surface area contributed by atoms with Gasteiger partial charge in [-0.1, -0.05) is 42.5 Å². The predicted molar refractivity (Wildman–Crippen MR) is 183 cm³/mol. The Kier molecular flexibility index (Phi) is 8.87. The zero-order valence-electron chi connectivity index (χ0n) is 28.3. The van der Waals surface area contributed by atoms with Crippen LogP contribution in [-0.2, 0) is 15.9 Å². The molecule has 1 unspecified atom stereocenters. The molecule has 47 heavy (non-hydrogen) atoms. The fourth-order valence-corrected chi connectivity index (χ4v) is 6.30. The lowest BCUT2D eigenvalue weighted by atomic mass is 10.1. The van der Waals surface area contributed by atoms with Gasteiger partial charge < -0.3 is 19.4 Å². The number of aromatic nitrogens is 4. The van der Waals surface area contributed by atoms with Crippen LogP contribution in [0.15, 0.2) is 54.7 Å². The third-order valence-electron chi connectivity index (χ3n) is 8.44. The van der Waals surface area contributed by atoms with Gasteiger partial charge in [0.1, 0.15) is 22.9 Å². The Morgan fingerprint density at radius 2 is 1.47 bits per heavy atom. The van der Waals surface area contributed by atoms with Crippen molar-refractivity contribution in [2.75, 3.05) is 13.1 Å². The highest BCUT2D eigenvalue weighted by atomic mass is 16.6. The maximum Gasteiger partial charge on any atom is 0.410 e. The topological polar surface area (TPSA) is 116 Å². The second kappa shape index (κ2) is 12.9. The van der Waals surface area contributed by atoms with Crippen molar-refractivity contribution in [1.82, 2.24) is 29.7 Å². The molecule has 4 heterocycles. The Morgan fingerprint density at radius 3 is 2.09 bits per heavy atom. The molecular formula is C37H46N6O4. The van der Waals surface area contributed by atoms with Crippen molar-refractivity contribution in [3.63, 3.8) is 0 Å². The van der Waals surface area contributed by atoms with E-state index < -0.39 is 11.2 Å². The molecule has 2 aromatic heterocycles. The lowest BCUT2D eigenvalue weighted by molar-refractivity contribution is 0.0208. The summed E-state index contributed by atoms with van der Waals surface area (Å²) in [7, 11) is 0. The van der Waals surface area contributed by atoms with E-state index >= 15 is 0 Å². The van der Waals surface area contributed by atoms with E-state index in [1.807, 2.05) is 53.8 Å². The summed E-state index contributed by atoms with van der Waals surface area (Å²) in [6, 6.07) is 14.4. The minimum absolute atomic E-state index is 0.105. The molecule has 0 bridgehead atoms.